The zero-order valence-corrected chi connectivity index (χ0v) is 9.10. The maximum atomic E-state index is 11.4. The van der Waals surface area contributed by atoms with E-state index in [9.17, 15) is 4.79 Å². The average molecular weight is 203 g/mol. The Morgan fingerprint density at radius 2 is 2.13 bits per heavy atom. The summed E-state index contributed by atoms with van der Waals surface area (Å²) in [4.78, 5) is 11.4. The zero-order chi connectivity index (χ0) is 10.8. The second-order valence-electron chi connectivity index (χ2n) is 3.74. The van der Waals surface area contributed by atoms with Crippen molar-refractivity contribution in [3.8, 4) is 0 Å². The molecule has 15 heavy (non-hydrogen) atoms. The highest BCUT2D eigenvalue weighted by molar-refractivity contribution is 5.80. The minimum absolute atomic E-state index is 0.261. The summed E-state index contributed by atoms with van der Waals surface area (Å²) < 4.78 is 4.04. The van der Waals surface area contributed by atoms with Gasteiger partial charge in [-0.25, -0.2) is 9.13 Å². The van der Waals surface area contributed by atoms with Crippen molar-refractivity contribution in [3.05, 3.63) is 30.6 Å². The molecule has 0 aliphatic rings. The Morgan fingerprint density at radius 1 is 1.40 bits per heavy atom. The first-order valence-electron chi connectivity index (χ1n) is 5.17. The summed E-state index contributed by atoms with van der Waals surface area (Å²) in [5.41, 5.74) is 2.27. The van der Waals surface area contributed by atoms with Crippen molar-refractivity contribution in [3.63, 3.8) is 0 Å². The standard InChI is InChI=1S/C12H15N2O/c1-3-10(15)8-14-9-13(2)11-6-4-5-7-12(11)14/h4-7,9H,3,8H2,1-2H3/q+1. The minimum Gasteiger partial charge on any atom is -0.295 e. The number of ketones is 1. The highest BCUT2D eigenvalue weighted by Gasteiger charge is 2.13. The van der Waals surface area contributed by atoms with Crippen LogP contribution in [0.2, 0.25) is 0 Å². The summed E-state index contributed by atoms with van der Waals surface area (Å²) in [5.74, 6) is 0.261. The van der Waals surface area contributed by atoms with Crippen molar-refractivity contribution in [2.75, 3.05) is 0 Å². The lowest BCUT2D eigenvalue weighted by atomic mass is 10.3. The average Bonchev–Trinajstić information content (AvgIpc) is 2.57. The predicted octanol–water partition coefficient (Wildman–Crippen LogP) is 1.44. The second-order valence-corrected chi connectivity index (χ2v) is 3.74. The molecule has 3 heteroatoms. The number of Topliss-reactive ketones (excluding diaryl/α,β-unsaturated/α-hetero) is 1. The molecular weight excluding hydrogens is 188 g/mol. The van der Waals surface area contributed by atoms with E-state index in [2.05, 4.69) is 6.07 Å². The van der Waals surface area contributed by atoms with E-state index in [1.165, 1.54) is 0 Å². The van der Waals surface area contributed by atoms with Crippen LogP contribution in [0, 0.1) is 0 Å². The number of hydrogen-bond acceptors (Lipinski definition) is 1. The van der Waals surface area contributed by atoms with Crippen LogP contribution in [0.3, 0.4) is 0 Å². The van der Waals surface area contributed by atoms with Crippen molar-refractivity contribution in [1.82, 2.24) is 4.57 Å². The Balaban J connectivity index is 2.48. The third kappa shape index (κ3) is 1.77. The van der Waals surface area contributed by atoms with Crippen molar-refractivity contribution >= 4 is 16.8 Å². The maximum Gasteiger partial charge on any atom is 0.244 e. The molecule has 1 heterocycles. The van der Waals surface area contributed by atoms with Crippen molar-refractivity contribution < 1.29 is 9.36 Å². The monoisotopic (exact) mass is 203 g/mol. The molecule has 0 saturated carbocycles. The van der Waals surface area contributed by atoms with Crippen LogP contribution in [0.4, 0.5) is 0 Å². The second kappa shape index (κ2) is 3.85. The van der Waals surface area contributed by atoms with E-state index in [0.29, 0.717) is 13.0 Å². The van der Waals surface area contributed by atoms with E-state index < -0.39 is 0 Å². The smallest absolute Gasteiger partial charge is 0.244 e. The Hall–Kier alpha value is -1.64. The first kappa shape index (κ1) is 9.90. The van der Waals surface area contributed by atoms with Crippen molar-refractivity contribution in [1.29, 1.82) is 0 Å². The summed E-state index contributed by atoms with van der Waals surface area (Å²) in [5, 5.41) is 0. The lowest BCUT2D eigenvalue weighted by Gasteiger charge is -1.94. The molecule has 0 aliphatic carbocycles. The van der Waals surface area contributed by atoms with Crippen LogP contribution in [-0.2, 0) is 18.4 Å². The van der Waals surface area contributed by atoms with E-state index >= 15 is 0 Å². The Bertz CT molecular complexity index is 499. The van der Waals surface area contributed by atoms with Gasteiger partial charge in [0, 0.05) is 6.42 Å². The van der Waals surface area contributed by atoms with E-state index in [1.807, 2.05) is 47.6 Å². The van der Waals surface area contributed by atoms with Crippen LogP contribution in [0.15, 0.2) is 30.6 Å². The Morgan fingerprint density at radius 3 is 2.87 bits per heavy atom. The normalized spacial score (nSPS) is 10.8. The number of para-hydroxylation sites is 2. The highest BCUT2D eigenvalue weighted by atomic mass is 16.1. The number of nitrogens with zero attached hydrogens (tertiary/aromatic N) is 2. The SMILES string of the molecule is CCC(=O)Cn1c[n+](C)c2ccccc21. The number of rotatable bonds is 3. The number of hydrogen-bond donors (Lipinski definition) is 0. The molecule has 0 spiro atoms. The van der Waals surface area contributed by atoms with Gasteiger partial charge in [0.1, 0.15) is 6.54 Å². The topological polar surface area (TPSA) is 25.9 Å². The number of aryl methyl sites for hydroxylation is 1. The molecule has 0 radical (unpaired) electrons. The lowest BCUT2D eigenvalue weighted by molar-refractivity contribution is -0.645. The van der Waals surface area contributed by atoms with Gasteiger partial charge in [0.2, 0.25) is 6.33 Å². The third-order valence-corrected chi connectivity index (χ3v) is 2.62. The maximum absolute atomic E-state index is 11.4. The number of fused-ring (bicyclic) bond motifs is 1. The molecule has 1 aromatic carbocycles. The van der Waals surface area contributed by atoms with Gasteiger partial charge in [0.15, 0.2) is 16.8 Å². The summed E-state index contributed by atoms with van der Waals surface area (Å²) >= 11 is 0. The lowest BCUT2D eigenvalue weighted by Crippen LogP contribution is -2.25. The van der Waals surface area contributed by atoms with Gasteiger partial charge in [-0.05, 0) is 12.1 Å². The molecular formula is C12H15N2O+. The molecule has 0 amide bonds. The van der Waals surface area contributed by atoms with Crippen LogP contribution in [0.5, 0.6) is 0 Å². The van der Waals surface area contributed by atoms with Gasteiger partial charge in [-0.1, -0.05) is 19.1 Å². The minimum atomic E-state index is 0.261. The Labute approximate surface area is 88.9 Å². The molecule has 3 nitrogen and oxygen atoms in total. The summed E-state index contributed by atoms with van der Waals surface area (Å²) in [6.45, 7) is 2.37. The number of imidazole rings is 1. The fourth-order valence-electron chi connectivity index (χ4n) is 1.77. The highest BCUT2D eigenvalue weighted by Crippen LogP contribution is 2.10. The molecule has 0 unspecified atom stereocenters. The fraction of sp³-hybridized carbons (Fsp3) is 0.333. The molecule has 2 aromatic rings. The van der Waals surface area contributed by atoms with Crippen LogP contribution in [0.1, 0.15) is 13.3 Å². The quantitative estimate of drug-likeness (QED) is 0.693. The van der Waals surface area contributed by atoms with Crippen molar-refractivity contribution in [2.24, 2.45) is 7.05 Å². The first-order chi connectivity index (χ1) is 7.22. The number of benzene rings is 1. The number of carbonyl (C=O) groups excluding carboxylic acids is 1. The van der Waals surface area contributed by atoms with Gasteiger partial charge < -0.3 is 0 Å². The molecule has 2 rings (SSSR count). The molecule has 0 bridgehead atoms. The van der Waals surface area contributed by atoms with Crippen LogP contribution >= 0.6 is 0 Å². The molecule has 0 fully saturated rings. The Kier molecular flexibility index (Phi) is 2.54. The molecule has 0 N–H and O–H groups in total. The summed E-state index contributed by atoms with van der Waals surface area (Å²) in [6.07, 6.45) is 2.56. The van der Waals surface area contributed by atoms with Gasteiger partial charge in [-0.3, -0.25) is 4.79 Å². The largest absolute Gasteiger partial charge is 0.295 e. The van der Waals surface area contributed by atoms with Gasteiger partial charge in [-0.2, -0.15) is 0 Å². The molecule has 78 valence electrons. The van der Waals surface area contributed by atoms with Crippen molar-refractivity contribution in [2.45, 2.75) is 19.9 Å². The summed E-state index contributed by atoms with van der Waals surface area (Å²) in [7, 11) is 2.00. The molecule has 0 saturated heterocycles. The molecule has 1 aromatic heterocycles. The first-order valence-corrected chi connectivity index (χ1v) is 5.17. The van der Waals surface area contributed by atoms with E-state index in [0.717, 1.165) is 11.0 Å². The van der Waals surface area contributed by atoms with E-state index in [-0.39, 0.29) is 5.78 Å². The summed E-state index contributed by atoms with van der Waals surface area (Å²) in [6, 6.07) is 8.10. The predicted molar refractivity (Wildman–Crippen MR) is 58.4 cm³/mol. The van der Waals surface area contributed by atoms with E-state index in [1.54, 1.807) is 0 Å². The van der Waals surface area contributed by atoms with E-state index in [4.69, 9.17) is 0 Å². The van der Waals surface area contributed by atoms with Crippen LogP contribution < -0.4 is 4.57 Å². The van der Waals surface area contributed by atoms with Gasteiger partial charge >= 0.3 is 0 Å². The fourth-order valence-corrected chi connectivity index (χ4v) is 1.77. The number of aromatic nitrogens is 2. The molecule has 0 atom stereocenters. The number of carbonyl (C=O) groups is 1. The van der Waals surface area contributed by atoms with Crippen LogP contribution in [0.25, 0.3) is 11.0 Å². The van der Waals surface area contributed by atoms with Gasteiger partial charge in [0.25, 0.3) is 0 Å². The van der Waals surface area contributed by atoms with Crippen LogP contribution in [-0.4, -0.2) is 10.4 Å². The third-order valence-electron chi connectivity index (χ3n) is 2.62. The molecule has 0 aliphatic heterocycles. The van der Waals surface area contributed by atoms with Gasteiger partial charge in [0.05, 0.1) is 7.05 Å². The van der Waals surface area contributed by atoms with Gasteiger partial charge in [-0.15, -0.1) is 0 Å². The zero-order valence-electron chi connectivity index (χ0n) is 9.10.